The lowest BCUT2D eigenvalue weighted by Gasteiger charge is -2.37. The quantitative estimate of drug-likeness (QED) is 0.572. The molecule has 0 amide bonds. The number of furan rings is 1. The Morgan fingerprint density at radius 1 is 1.04 bits per heavy atom. The summed E-state index contributed by atoms with van der Waals surface area (Å²) in [7, 11) is 0.428. The van der Waals surface area contributed by atoms with E-state index in [9.17, 15) is 5.11 Å². The number of hydrogen-bond acceptors (Lipinski definition) is 4. The van der Waals surface area contributed by atoms with Crippen molar-refractivity contribution in [2.24, 2.45) is 0 Å². The summed E-state index contributed by atoms with van der Waals surface area (Å²) in [5, 5.41) is 14.5. The van der Waals surface area contributed by atoms with Gasteiger partial charge in [0.25, 0.3) is 0 Å². The molecule has 0 saturated carbocycles. The first-order valence-corrected chi connectivity index (χ1v) is 8.81. The van der Waals surface area contributed by atoms with Crippen molar-refractivity contribution in [2.45, 2.75) is 38.9 Å². The molecule has 0 bridgehead atoms. The van der Waals surface area contributed by atoms with Crippen LogP contribution in [0.3, 0.4) is 0 Å². The van der Waals surface area contributed by atoms with Gasteiger partial charge in [0.2, 0.25) is 5.71 Å². The van der Waals surface area contributed by atoms with Gasteiger partial charge in [-0.25, -0.2) is 4.98 Å². The van der Waals surface area contributed by atoms with Crippen LogP contribution in [0.1, 0.15) is 27.7 Å². The Morgan fingerprint density at radius 2 is 1.81 bits per heavy atom. The topological polar surface area (TPSA) is 55.5 Å². The lowest BCUT2D eigenvalue weighted by Crippen LogP contribution is -2.49. The highest BCUT2D eigenvalue weighted by Gasteiger charge is 2.35. The monoisotopic (exact) mass is 347 g/mol. The summed E-state index contributed by atoms with van der Waals surface area (Å²) in [5.41, 5.74) is 0.981. The predicted octanol–water partition coefficient (Wildman–Crippen LogP) is 3.68. The maximum atomic E-state index is 10.2. The first-order valence-electron chi connectivity index (χ1n) is 8.81. The molecule has 4 rings (SSSR count). The fourth-order valence-electron chi connectivity index (χ4n) is 2.99. The molecule has 26 heavy (non-hydrogen) atoms. The van der Waals surface area contributed by atoms with Gasteiger partial charge in [-0.2, -0.15) is 0 Å². The van der Waals surface area contributed by atoms with E-state index in [0.717, 1.165) is 32.6 Å². The van der Waals surface area contributed by atoms with Gasteiger partial charge in [-0.15, -0.1) is 0 Å². The van der Waals surface area contributed by atoms with Gasteiger partial charge < -0.3 is 14.2 Å². The van der Waals surface area contributed by atoms with Gasteiger partial charge in [0.05, 0.1) is 16.6 Å². The van der Waals surface area contributed by atoms with Crippen LogP contribution in [-0.2, 0) is 4.65 Å². The molecule has 0 atom stereocenters. The first-order chi connectivity index (χ1) is 12.3. The van der Waals surface area contributed by atoms with Gasteiger partial charge in [-0.05, 0) is 39.1 Å². The summed E-state index contributed by atoms with van der Waals surface area (Å²) in [4.78, 5) is 4.49. The molecule has 132 valence electrons. The fourth-order valence-corrected chi connectivity index (χ4v) is 2.99. The average Bonchev–Trinajstić information content (AvgIpc) is 2.97. The van der Waals surface area contributed by atoms with Crippen molar-refractivity contribution >= 4 is 45.8 Å². The Hall–Kier alpha value is -2.37. The molecule has 0 unspecified atom stereocenters. The number of pyridine rings is 1. The molecule has 4 nitrogen and oxygen atoms in total. The van der Waals surface area contributed by atoms with Gasteiger partial charge in [0.15, 0.2) is 0 Å². The van der Waals surface area contributed by atoms with E-state index in [1.807, 2.05) is 38.2 Å². The number of rotatable bonds is 4. The summed E-state index contributed by atoms with van der Waals surface area (Å²) < 4.78 is 11.8. The Morgan fingerprint density at radius 3 is 2.58 bits per heavy atom. The van der Waals surface area contributed by atoms with Crippen LogP contribution in [0.2, 0.25) is 0 Å². The van der Waals surface area contributed by atoms with E-state index < -0.39 is 11.2 Å². The molecule has 0 fully saturated rings. The normalized spacial score (nSPS) is 13.0. The number of para-hydroxylation sites is 1. The van der Waals surface area contributed by atoms with Crippen molar-refractivity contribution in [1.82, 2.24) is 4.98 Å². The van der Waals surface area contributed by atoms with Crippen LogP contribution in [-0.4, -0.2) is 28.8 Å². The van der Waals surface area contributed by atoms with Crippen LogP contribution in [0.4, 0.5) is 0 Å². The zero-order valence-electron chi connectivity index (χ0n) is 15.5. The van der Waals surface area contributed by atoms with E-state index in [-0.39, 0.29) is 0 Å². The molecule has 0 radical (unpaired) electrons. The van der Waals surface area contributed by atoms with Crippen molar-refractivity contribution in [3.05, 3.63) is 48.7 Å². The number of aliphatic hydroxyl groups is 1. The summed E-state index contributed by atoms with van der Waals surface area (Å²) in [5.74, 6) is 0. The highest BCUT2D eigenvalue weighted by Crippen LogP contribution is 2.32. The summed E-state index contributed by atoms with van der Waals surface area (Å²) >= 11 is 0. The average molecular weight is 347 g/mol. The molecule has 0 aliphatic rings. The van der Waals surface area contributed by atoms with Crippen molar-refractivity contribution in [2.75, 3.05) is 0 Å². The minimum Gasteiger partial charge on any atom is -0.438 e. The van der Waals surface area contributed by atoms with Crippen molar-refractivity contribution in [1.29, 1.82) is 0 Å². The third-order valence-electron chi connectivity index (χ3n) is 5.36. The Labute approximate surface area is 153 Å². The number of aromatic nitrogens is 1. The molecule has 0 spiro atoms. The molecule has 4 aromatic rings. The van der Waals surface area contributed by atoms with Crippen LogP contribution in [0.15, 0.2) is 53.1 Å². The highest BCUT2D eigenvalue weighted by molar-refractivity contribution is 6.47. The van der Waals surface area contributed by atoms with Crippen LogP contribution in [0.5, 0.6) is 0 Å². The van der Waals surface area contributed by atoms with Gasteiger partial charge in [0.1, 0.15) is 5.58 Å². The number of hydrogen-bond donors (Lipinski definition) is 1. The molecule has 0 aliphatic carbocycles. The van der Waals surface area contributed by atoms with Crippen molar-refractivity contribution in [3.63, 3.8) is 0 Å². The predicted molar refractivity (Wildman–Crippen MR) is 107 cm³/mol. The molecule has 2 aromatic carbocycles. The molecule has 2 heterocycles. The van der Waals surface area contributed by atoms with E-state index in [1.165, 1.54) is 0 Å². The van der Waals surface area contributed by atoms with E-state index in [0.29, 0.717) is 13.2 Å². The van der Waals surface area contributed by atoms with Gasteiger partial charge in [-0.1, -0.05) is 41.9 Å². The second kappa shape index (κ2) is 5.83. The third kappa shape index (κ3) is 2.77. The summed E-state index contributed by atoms with van der Waals surface area (Å²) in [6, 6.07) is 14.2. The highest BCUT2D eigenvalue weighted by atomic mass is 16.5. The van der Waals surface area contributed by atoms with Gasteiger partial charge in [-0.3, -0.25) is 0 Å². The summed E-state index contributed by atoms with van der Waals surface area (Å²) in [6.07, 6.45) is 1.84. The van der Waals surface area contributed by atoms with E-state index in [2.05, 4.69) is 29.2 Å². The van der Waals surface area contributed by atoms with E-state index in [1.54, 1.807) is 13.8 Å². The van der Waals surface area contributed by atoms with Crippen LogP contribution in [0, 0.1) is 0 Å². The molecule has 0 saturated heterocycles. The maximum absolute atomic E-state index is 10.2. The van der Waals surface area contributed by atoms with Gasteiger partial charge >= 0.3 is 7.48 Å². The van der Waals surface area contributed by atoms with Crippen molar-refractivity contribution < 1.29 is 14.2 Å². The van der Waals surface area contributed by atoms with Crippen LogP contribution in [0.25, 0.3) is 32.8 Å². The van der Waals surface area contributed by atoms with Gasteiger partial charge in [0, 0.05) is 17.0 Å². The second-order valence-corrected chi connectivity index (χ2v) is 7.82. The van der Waals surface area contributed by atoms with Crippen molar-refractivity contribution in [3.8, 4) is 0 Å². The fraction of sp³-hybridized carbons (Fsp3) is 0.286. The molecule has 1 N–H and O–H groups in total. The smallest absolute Gasteiger partial charge is 0.309 e. The van der Waals surface area contributed by atoms with E-state index >= 15 is 0 Å². The van der Waals surface area contributed by atoms with E-state index in [4.69, 9.17) is 9.07 Å². The van der Waals surface area contributed by atoms with Crippen LogP contribution < -0.4 is 5.46 Å². The third-order valence-corrected chi connectivity index (χ3v) is 5.36. The SMILES string of the molecule is CC(C)(O)C(C)(C)OBc1ccc2c(cnc3oc4ccccc4c32)c1. The minimum atomic E-state index is -0.923. The molecule has 2 aromatic heterocycles. The number of fused-ring (bicyclic) bond motifs is 5. The lowest BCUT2D eigenvalue weighted by molar-refractivity contribution is -0.0893. The first kappa shape index (κ1) is 17.1. The second-order valence-electron chi connectivity index (χ2n) is 7.82. The minimum absolute atomic E-state index is 0.428. The Balaban J connectivity index is 1.74. The zero-order chi connectivity index (χ0) is 18.5. The summed E-state index contributed by atoms with van der Waals surface area (Å²) in [6.45, 7) is 7.32. The standard InChI is InChI=1S/C21H22BNO3/c1-20(2,24)21(3,4)26-22-14-9-10-15-13(11-14)12-23-19-18(15)16-7-5-6-8-17(16)25-19/h5-12,22,24H,1-4H3. The molecular weight excluding hydrogens is 325 g/mol. The molecule has 5 heteroatoms. The zero-order valence-corrected chi connectivity index (χ0v) is 15.5. The lowest BCUT2D eigenvalue weighted by atomic mass is 9.82. The van der Waals surface area contributed by atoms with Crippen LogP contribution >= 0.6 is 0 Å². The molecule has 0 aliphatic heterocycles. The maximum Gasteiger partial charge on any atom is 0.309 e. The Bertz CT molecular complexity index is 1110. The molecular formula is C21H22BNO3. The Kier molecular flexibility index (Phi) is 3.83. The number of nitrogens with zero attached hydrogens (tertiary/aromatic N) is 1. The number of benzene rings is 2. The largest absolute Gasteiger partial charge is 0.438 e.